The van der Waals surface area contributed by atoms with E-state index < -0.39 is 29.4 Å². The highest BCUT2D eigenvalue weighted by Gasteiger charge is 2.40. The number of nitrogens with zero attached hydrogens (tertiary/aromatic N) is 1. The number of nitrogens with one attached hydrogen (secondary N) is 1. The first-order valence-corrected chi connectivity index (χ1v) is 5.50. The van der Waals surface area contributed by atoms with E-state index in [1.165, 1.54) is 4.90 Å². The monoisotopic (exact) mass is 259 g/mol. The number of aliphatic hydroxyl groups excluding tert-OH is 1. The van der Waals surface area contributed by atoms with Crippen LogP contribution in [-0.4, -0.2) is 58.8 Å². The molecule has 1 heterocycles. The van der Waals surface area contributed by atoms with Crippen molar-refractivity contribution in [2.75, 3.05) is 19.6 Å². The molecule has 0 aliphatic carbocycles. The molecule has 2 atom stereocenters. The minimum Gasteiger partial charge on any atom is -0.479 e. The molecule has 0 radical (unpaired) electrons. The highest BCUT2D eigenvalue weighted by atomic mass is 16.4. The molecular formula is C10H17N3O5. The Labute approximate surface area is 104 Å². The Morgan fingerprint density at radius 1 is 1.50 bits per heavy atom. The van der Waals surface area contributed by atoms with Crippen molar-refractivity contribution in [2.45, 2.75) is 19.4 Å². The van der Waals surface area contributed by atoms with Crippen LogP contribution in [0.5, 0.6) is 0 Å². The van der Waals surface area contributed by atoms with Gasteiger partial charge >= 0.3 is 12.0 Å². The Hall–Kier alpha value is -1.83. The minimum atomic E-state index is -1.64. The highest BCUT2D eigenvalue weighted by Crippen LogP contribution is 2.29. The van der Waals surface area contributed by atoms with Crippen LogP contribution >= 0.6 is 0 Å². The standard InChI is InChI=1S/C10H17N3O5/c1-10(8(11)17)2-3-13(5-10)9(18)12-4-6(14)7(15)16/h6,14H,2-5H2,1H3,(H2,11,17)(H,12,18)(H,15,16)/t6-,10?/m0/s1. The second kappa shape index (κ2) is 5.21. The number of hydrogen-bond acceptors (Lipinski definition) is 4. The van der Waals surface area contributed by atoms with Crippen LogP contribution < -0.4 is 11.1 Å². The fourth-order valence-corrected chi connectivity index (χ4v) is 1.72. The highest BCUT2D eigenvalue weighted by molar-refractivity contribution is 5.83. The largest absolute Gasteiger partial charge is 0.479 e. The third kappa shape index (κ3) is 3.10. The van der Waals surface area contributed by atoms with Crippen molar-refractivity contribution in [2.24, 2.45) is 11.1 Å². The van der Waals surface area contributed by atoms with Crippen molar-refractivity contribution in [3.8, 4) is 0 Å². The first kappa shape index (κ1) is 14.2. The van der Waals surface area contributed by atoms with E-state index in [0.717, 1.165) is 0 Å². The van der Waals surface area contributed by atoms with Crippen LogP contribution in [0.1, 0.15) is 13.3 Å². The molecule has 5 N–H and O–H groups in total. The van der Waals surface area contributed by atoms with Crippen LogP contribution in [0, 0.1) is 5.41 Å². The van der Waals surface area contributed by atoms with Crippen molar-refractivity contribution >= 4 is 17.9 Å². The topological polar surface area (TPSA) is 133 Å². The van der Waals surface area contributed by atoms with Gasteiger partial charge in [-0.05, 0) is 13.3 Å². The van der Waals surface area contributed by atoms with Gasteiger partial charge in [-0.25, -0.2) is 9.59 Å². The molecule has 1 saturated heterocycles. The Morgan fingerprint density at radius 2 is 2.11 bits per heavy atom. The summed E-state index contributed by atoms with van der Waals surface area (Å²) in [6.45, 7) is 1.86. The van der Waals surface area contributed by atoms with E-state index in [-0.39, 0.29) is 13.1 Å². The molecular weight excluding hydrogens is 242 g/mol. The first-order chi connectivity index (χ1) is 8.26. The number of aliphatic hydroxyl groups is 1. The summed E-state index contributed by atoms with van der Waals surface area (Å²) in [5.41, 5.74) is 4.49. The van der Waals surface area contributed by atoms with E-state index >= 15 is 0 Å². The number of hydrogen-bond donors (Lipinski definition) is 4. The zero-order valence-corrected chi connectivity index (χ0v) is 10.0. The summed E-state index contributed by atoms with van der Waals surface area (Å²) in [6, 6.07) is -0.514. The van der Waals surface area contributed by atoms with Crippen molar-refractivity contribution in [3.63, 3.8) is 0 Å². The van der Waals surface area contributed by atoms with Crippen molar-refractivity contribution < 1.29 is 24.6 Å². The Balaban J connectivity index is 2.46. The summed E-state index contributed by atoms with van der Waals surface area (Å²) in [4.78, 5) is 34.6. The number of amides is 3. The molecule has 3 amide bonds. The number of carbonyl (C=O) groups excluding carboxylic acids is 2. The molecule has 0 bridgehead atoms. The molecule has 0 aromatic rings. The lowest BCUT2D eigenvalue weighted by molar-refractivity contribution is -0.146. The van der Waals surface area contributed by atoms with Gasteiger partial charge in [-0.15, -0.1) is 0 Å². The molecule has 8 nitrogen and oxygen atoms in total. The number of rotatable bonds is 4. The zero-order valence-electron chi connectivity index (χ0n) is 10.0. The van der Waals surface area contributed by atoms with E-state index in [4.69, 9.17) is 15.9 Å². The molecule has 1 aliphatic heterocycles. The number of carboxylic acid groups (broad SMARTS) is 1. The fourth-order valence-electron chi connectivity index (χ4n) is 1.72. The maximum atomic E-state index is 11.6. The Bertz CT molecular complexity index is 373. The smallest absolute Gasteiger partial charge is 0.334 e. The van der Waals surface area contributed by atoms with Gasteiger partial charge < -0.3 is 26.2 Å². The quantitative estimate of drug-likeness (QED) is 0.479. The normalized spacial score (nSPS) is 24.7. The molecule has 8 heteroatoms. The molecule has 102 valence electrons. The molecule has 0 saturated carbocycles. The SMILES string of the molecule is CC1(C(N)=O)CCN(C(=O)NC[C@H](O)C(=O)O)C1. The van der Waals surface area contributed by atoms with Gasteiger partial charge in [0, 0.05) is 13.1 Å². The van der Waals surface area contributed by atoms with E-state index in [0.29, 0.717) is 13.0 Å². The molecule has 18 heavy (non-hydrogen) atoms. The van der Waals surface area contributed by atoms with Crippen LogP contribution in [0.3, 0.4) is 0 Å². The summed E-state index contributed by atoms with van der Waals surface area (Å²) < 4.78 is 0. The van der Waals surface area contributed by atoms with Gasteiger partial charge in [0.25, 0.3) is 0 Å². The third-order valence-electron chi connectivity index (χ3n) is 3.09. The third-order valence-corrected chi connectivity index (χ3v) is 3.09. The second-order valence-electron chi connectivity index (χ2n) is 4.64. The number of carboxylic acids is 1. The fraction of sp³-hybridized carbons (Fsp3) is 0.700. The van der Waals surface area contributed by atoms with Gasteiger partial charge in [0.1, 0.15) is 0 Å². The van der Waals surface area contributed by atoms with E-state index in [9.17, 15) is 14.4 Å². The minimum absolute atomic E-state index is 0.192. The summed E-state index contributed by atoms with van der Waals surface area (Å²) in [5.74, 6) is -1.87. The second-order valence-corrected chi connectivity index (χ2v) is 4.64. The lowest BCUT2D eigenvalue weighted by atomic mass is 9.89. The van der Waals surface area contributed by atoms with Gasteiger partial charge in [-0.3, -0.25) is 4.79 Å². The average molecular weight is 259 g/mol. The molecule has 0 aromatic carbocycles. The Morgan fingerprint density at radius 3 is 2.56 bits per heavy atom. The van der Waals surface area contributed by atoms with Gasteiger partial charge in [-0.2, -0.15) is 0 Å². The summed E-state index contributed by atoms with van der Waals surface area (Å²) in [6.07, 6.45) is -1.17. The number of likely N-dealkylation sites (tertiary alicyclic amines) is 1. The number of primary amides is 1. The zero-order chi connectivity index (χ0) is 13.9. The maximum Gasteiger partial charge on any atom is 0.334 e. The van der Waals surface area contributed by atoms with Crippen LogP contribution in [0.25, 0.3) is 0 Å². The maximum absolute atomic E-state index is 11.6. The predicted octanol–water partition coefficient (Wildman–Crippen LogP) is -1.66. The van der Waals surface area contributed by atoms with Gasteiger partial charge in [0.15, 0.2) is 6.10 Å². The van der Waals surface area contributed by atoms with Crippen LogP contribution in [0.2, 0.25) is 0 Å². The van der Waals surface area contributed by atoms with Crippen LogP contribution in [0.15, 0.2) is 0 Å². The molecule has 0 aromatic heterocycles. The summed E-state index contributed by atoms with van der Waals surface area (Å²) >= 11 is 0. The lowest BCUT2D eigenvalue weighted by Gasteiger charge is -2.21. The molecule has 0 spiro atoms. The van der Waals surface area contributed by atoms with Gasteiger partial charge in [-0.1, -0.05) is 0 Å². The van der Waals surface area contributed by atoms with E-state index in [1.807, 2.05) is 0 Å². The van der Waals surface area contributed by atoms with E-state index in [1.54, 1.807) is 6.92 Å². The first-order valence-electron chi connectivity index (χ1n) is 5.50. The van der Waals surface area contributed by atoms with Crippen molar-refractivity contribution in [1.82, 2.24) is 10.2 Å². The summed E-state index contributed by atoms with van der Waals surface area (Å²) in [7, 11) is 0. The van der Waals surface area contributed by atoms with Crippen LogP contribution in [0.4, 0.5) is 4.79 Å². The number of carbonyl (C=O) groups is 3. The summed E-state index contributed by atoms with van der Waals surface area (Å²) in [5, 5.41) is 19.7. The Kier molecular flexibility index (Phi) is 4.12. The molecule has 1 rings (SSSR count). The number of nitrogens with two attached hydrogens (primary N) is 1. The molecule has 1 aliphatic rings. The van der Waals surface area contributed by atoms with Crippen molar-refractivity contribution in [3.05, 3.63) is 0 Å². The van der Waals surface area contributed by atoms with E-state index in [2.05, 4.69) is 5.32 Å². The average Bonchev–Trinajstić information content (AvgIpc) is 2.69. The predicted molar refractivity (Wildman–Crippen MR) is 60.5 cm³/mol. The van der Waals surface area contributed by atoms with Gasteiger partial charge in [0.05, 0.1) is 12.0 Å². The molecule has 1 unspecified atom stereocenters. The number of urea groups is 1. The number of aliphatic carboxylic acids is 1. The molecule has 1 fully saturated rings. The van der Waals surface area contributed by atoms with Crippen molar-refractivity contribution in [1.29, 1.82) is 0 Å². The van der Waals surface area contributed by atoms with Gasteiger partial charge in [0.2, 0.25) is 5.91 Å². The lowest BCUT2D eigenvalue weighted by Crippen LogP contribution is -2.45. The van der Waals surface area contributed by atoms with Crippen LogP contribution in [-0.2, 0) is 9.59 Å².